The molecule has 3 nitrogen and oxygen atoms in total. The smallest absolute Gasteiger partial charge is 0.107 e. The molecule has 0 bridgehead atoms. The standard InChI is InChI=1S/C11H19N3S/c1-2-12-8-10-4-3-6-14(10)9-11-13-5-7-15-11/h5,7,10,12H,2-4,6,8-9H2,1H3. The Morgan fingerprint density at radius 3 is 3.33 bits per heavy atom. The molecule has 1 atom stereocenters. The zero-order valence-corrected chi connectivity index (χ0v) is 10.1. The third-order valence-corrected chi connectivity index (χ3v) is 3.72. The molecular formula is C11H19N3S. The van der Waals surface area contributed by atoms with E-state index in [0.29, 0.717) is 6.04 Å². The normalized spacial score (nSPS) is 22.3. The number of thiazole rings is 1. The summed E-state index contributed by atoms with van der Waals surface area (Å²) in [6, 6.07) is 0.717. The highest BCUT2D eigenvalue weighted by Crippen LogP contribution is 2.20. The van der Waals surface area contributed by atoms with Crippen molar-refractivity contribution in [2.75, 3.05) is 19.6 Å². The van der Waals surface area contributed by atoms with Gasteiger partial charge in [0.05, 0.1) is 6.54 Å². The highest BCUT2D eigenvalue weighted by atomic mass is 32.1. The number of hydrogen-bond donors (Lipinski definition) is 1. The molecule has 1 unspecified atom stereocenters. The topological polar surface area (TPSA) is 28.2 Å². The van der Waals surface area contributed by atoms with Crippen LogP contribution in [0.1, 0.15) is 24.8 Å². The van der Waals surface area contributed by atoms with Crippen molar-refractivity contribution in [2.45, 2.75) is 32.4 Å². The molecule has 15 heavy (non-hydrogen) atoms. The second-order valence-electron chi connectivity index (χ2n) is 4.00. The summed E-state index contributed by atoms with van der Waals surface area (Å²) in [7, 11) is 0. The van der Waals surface area contributed by atoms with Crippen molar-refractivity contribution in [3.8, 4) is 0 Å². The summed E-state index contributed by atoms with van der Waals surface area (Å²) in [5.41, 5.74) is 0. The monoisotopic (exact) mass is 225 g/mol. The Kier molecular flexibility index (Phi) is 4.11. The molecular weight excluding hydrogens is 206 g/mol. The Bertz CT molecular complexity index is 273. The molecule has 1 N–H and O–H groups in total. The molecule has 2 rings (SSSR count). The van der Waals surface area contributed by atoms with E-state index in [-0.39, 0.29) is 0 Å². The van der Waals surface area contributed by atoms with Crippen LogP contribution in [0.2, 0.25) is 0 Å². The summed E-state index contributed by atoms with van der Waals surface area (Å²) in [6.45, 7) is 6.63. The zero-order chi connectivity index (χ0) is 10.5. The van der Waals surface area contributed by atoms with Gasteiger partial charge in [-0.3, -0.25) is 4.90 Å². The molecule has 0 amide bonds. The quantitative estimate of drug-likeness (QED) is 0.827. The lowest BCUT2D eigenvalue weighted by Gasteiger charge is -2.23. The molecule has 1 saturated heterocycles. The van der Waals surface area contributed by atoms with E-state index >= 15 is 0 Å². The van der Waals surface area contributed by atoms with E-state index < -0.39 is 0 Å². The van der Waals surface area contributed by atoms with Gasteiger partial charge in [0.15, 0.2) is 0 Å². The first-order chi connectivity index (χ1) is 7.40. The maximum absolute atomic E-state index is 4.35. The van der Waals surface area contributed by atoms with Crippen LogP contribution in [0, 0.1) is 0 Å². The molecule has 1 aromatic rings. The lowest BCUT2D eigenvalue weighted by Crippen LogP contribution is -2.37. The van der Waals surface area contributed by atoms with Gasteiger partial charge in [-0.05, 0) is 25.9 Å². The van der Waals surface area contributed by atoms with Gasteiger partial charge in [-0.2, -0.15) is 0 Å². The fraction of sp³-hybridized carbons (Fsp3) is 0.727. The molecule has 2 heterocycles. The van der Waals surface area contributed by atoms with Gasteiger partial charge >= 0.3 is 0 Å². The lowest BCUT2D eigenvalue weighted by molar-refractivity contribution is 0.240. The molecule has 0 aliphatic carbocycles. The number of hydrogen-bond acceptors (Lipinski definition) is 4. The van der Waals surface area contributed by atoms with Gasteiger partial charge in [-0.15, -0.1) is 11.3 Å². The van der Waals surface area contributed by atoms with E-state index in [0.717, 1.165) is 19.6 Å². The van der Waals surface area contributed by atoms with Crippen LogP contribution in [0.5, 0.6) is 0 Å². The van der Waals surface area contributed by atoms with E-state index in [1.54, 1.807) is 11.3 Å². The van der Waals surface area contributed by atoms with Crippen LogP contribution >= 0.6 is 11.3 Å². The number of nitrogens with one attached hydrogen (secondary N) is 1. The molecule has 4 heteroatoms. The van der Waals surface area contributed by atoms with E-state index in [9.17, 15) is 0 Å². The summed E-state index contributed by atoms with van der Waals surface area (Å²) >= 11 is 1.76. The Morgan fingerprint density at radius 2 is 2.60 bits per heavy atom. The second-order valence-corrected chi connectivity index (χ2v) is 4.98. The Hall–Kier alpha value is -0.450. The van der Waals surface area contributed by atoms with Crippen LogP contribution in [0.4, 0.5) is 0 Å². The van der Waals surface area contributed by atoms with Gasteiger partial charge in [-0.25, -0.2) is 4.98 Å². The van der Waals surface area contributed by atoms with Crippen LogP contribution in [0.3, 0.4) is 0 Å². The van der Waals surface area contributed by atoms with Gasteiger partial charge in [0, 0.05) is 24.2 Å². The van der Waals surface area contributed by atoms with E-state index in [4.69, 9.17) is 0 Å². The molecule has 0 radical (unpaired) electrons. The first-order valence-corrected chi connectivity index (χ1v) is 6.61. The number of nitrogens with zero attached hydrogens (tertiary/aromatic N) is 2. The van der Waals surface area contributed by atoms with Crippen molar-refractivity contribution in [2.24, 2.45) is 0 Å². The molecule has 1 fully saturated rings. The molecule has 1 aliphatic heterocycles. The molecule has 0 spiro atoms. The van der Waals surface area contributed by atoms with Gasteiger partial charge in [0.25, 0.3) is 0 Å². The van der Waals surface area contributed by atoms with Gasteiger partial charge < -0.3 is 5.32 Å². The van der Waals surface area contributed by atoms with Crippen molar-refractivity contribution in [1.29, 1.82) is 0 Å². The summed E-state index contributed by atoms with van der Waals surface area (Å²) in [6.07, 6.45) is 4.56. The van der Waals surface area contributed by atoms with E-state index in [2.05, 4.69) is 27.5 Å². The van der Waals surface area contributed by atoms with Gasteiger partial charge in [0.2, 0.25) is 0 Å². The first kappa shape index (κ1) is 11.0. The van der Waals surface area contributed by atoms with Crippen LogP contribution in [-0.2, 0) is 6.54 Å². The Labute approximate surface area is 95.5 Å². The van der Waals surface area contributed by atoms with Crippen molar-refractivity contribution in [3.05, 3.63) is 16.6 Å². The fourth-order valence-electron chi connectivity index (χ4n) is 2.15. The predicted molar refractivity (Wildman–Crippen MR) is 64.1 cm³/mol. The molecule has 0 aromatic carbocycles. The number of rotatable bonds is 5. The number of aromatic nitrogens is 1. The molecule has 84 valence electrons. The van der Waals surface area contributed by atoms with Crippen molar-refractivity contribution in [3.63, 3.8) is 0 Å². The zero-order valence-electron chi connectivity index (χ0n) is 9.28. The van der Waals surface area contributed by atoms with Crippen LogP contribution in [0.25, 0.3) is 0 Å². The summed E-state index contributed by atoms with van der Waals surface area (Å²) in [4.78, 5) is 6.91. The van der Waals surface area contributed by atoms with Crippen LogP contribution < -0.4 is 5.32 Å². The van der Waals surface area contributed by atoms with Gasteiger partial charge in [-0.1, -0.05) is 6.92 Å². The minimum atomic E-state index is 0.717. The number of likely N-dealkylation sites (N-methyl/N-ethyl adjacent to an activating group) is 1. The van der Waals surface area contributed by atoms with Crippen molar-refractivity contribution >= 4 is 11.3 Å². The van der Waals surface area contributed by atoms with Crippen molar-refractivity contribution in [1.82, 2.24) is 15.2 Å². The third-order valence-electron chi connectivity index (χ3n) is 2.95. The second kappa shape index (κ2) is 5.58. The summed E-state index contributed by atoms with van der Waals surface area (Å²) < 4.78 is 0. The Morgan fingerprint density at radius 1 is 1.67 bits per heavy atom. The van der Waals surface area contributed by atoms with Gasteiger partial charge in [0.1, 0.15) is 5.01 Å². The average molecular weight is 225 g/mol. The van der Waals surface area contributed by atoms with Crippen LogP contribution in [-0.4, -0.2) is 35.6 Å². The molecule has 1 aromatic heterocycles. The lowest BCUT2D eigenvalue weighted by atomic mass is 10.2. The third kappa shape index (κ3) is 3.00. The minimum absolute atomic E-state index is 0.717. The maximum atomic E-state index is 4.35. The summed E-state index contributed by atoms with van der Waals surface area (Å²) in [5.74, 6) is 0. The predicted octanol–water partition coefficient (Wildman–Crippen LogP) is 1.72. The maximum Gasteiger partial charge on any atom is 0.107 e. The largest absolute Gasteiger partial charge is 0.315 e. The first-order valence-electron chi connectivity index (χ1n) is 5.73. The average Bonchev–Trinajstić information content (AvgIpc) is 2.87. The minimum Gasteiger partial charge on any atom is -0.315 e. The highest BCUT2D eigenvalue weighted by molar-refractivity contribution is 7.09. The SMILES string of the molecule is CCNCC1CCCN1Cc1nccs1. The van der Waals surface area contributed by atoms with E-state index in [1.807, 2.05) is 6.20 Å². The number of likely N-dealkylation sites (tertiary alicyclic amines) is 1. The van der Waals surface area contributed by atoms with Crippen LogP contribution in [0.15, 0.2) is 11.6 Å². The Balaban J connectivity index is 1.85. The molecule has 0 saturated carbocycles. The highest BCUT2D eigenvalue weighted by Gasteiger charge is 2.24. The van der Waals surface area contributed by atoms with E-state index in [1.165, 1.54) is 24.4 Å². The molecule has 1 aliphatic rings. The fourth-order valence-corrected chi connectivity index (χ4v) is 2.79. The summed E-state index contributed by atoms with van der Waals surface area (Å²) in [5, 5.41) is 6.75. The van der Waals surface area contributed by atoms with Crippen molar-refractivity contribution < 1.29 is 0 Å².